The van der Waals surface area contributed by atoms with Gasteiger partial charge in [-0.25, -0.2) is 4.79 Å². The SMILES string of the molecule is O=C(CNC(=O)N1CCCCC1)c1ccccc1. The first-order valence-corrected chi connectivity index (χ1v) is 6.38. The van der Waals surface area contributed by atoms with Crippen LogP contribution in [0.15, 0.2) is 30.3 Å². The molecule has 96 valence electrons. The fourth-order valence-corrected chi connectivity index (χ4v) is 2.09. The lowest BCUT2D eigenvalue weighted by Crippen LogP contribution is -2.44. The van der Waals surface area contributed by atoms with Crippen molar-refractivity contribution < 1.29 is 9.59 Å². The van der Waals surface area contributed by atoms with Crippen molar-refractivity contribution in [2.24, 2.45) is 0 Å². The fraction of sp³-hybridized carbons (Fsp3) is 0.429. The largest absolute Gasteiger partial charge is 0.331 e. The maximum Gasteiger partial charge on any atom is 0.317 e. The second kappa shape index (κ2) is 6.19. The zero-order valence-corrected chi connectivity index (χ0v) is 10.4. The number of carbonyl (C=O) groups excluding carboxylic acids is 2. The van der Waals surface area contributed by atoms with Crippen molar-refractivity contribution >= 4 is 11.8 Å². The molecule has 4 nitrogen and oxygen atoms in total. The van der Waals surface area contributed by atoms with E-state index in [2.05, 4.69) is 5.32 Å². The number of benzene rings is 1. The average Bonchev–Trinajstić information content (AvgIpc) is 2.46. The molecule has 1 N–H and O–H groups in total. The Morgan fingerprint density at radius 3 is 2.39 bits per heavy atom. The van der Waals surface area contributed by atoms with Gasteiger partial charge in [-0.15, -0.1) is 0 Å². The second-order valence-electron chi connectivity index (χ2n) is 4.50. The van der Waals surface area contributed by atoms with Crippen LogP contribution in [0.25, 0.3) is 0 Å². The molecule has 0 radical (unpaired) electrons. The minimum absolute atomic E-state index is 0.0547. The molecule has 1 heterocycles. The number of hydrogen-bond acceptors (Lipinski definition) is 2. The molecular formula is C14H18N2O2. The van der Waals surface area contributed by atoms with Crippen LogP contribution in [0.4, 0.5) is 4.79 Å². The average molecular weight is 246 g/mol. The highest BCUT2D eigenvalue weighted by Crippen LogP contribution is 2.08. The highest BCUT2D eigenvalue weighted by atomic mass is 16.2. The first-order chi connectivity index (χ1) is 8.77. The molecule has 0 saturated carbocycles. The number of nitrogens with zero attached hydrogens (tertiary/aromatic N) is 1. The van der Waals surface area contributed by atoms with Crippen LogP contribution in [-0.4, -0.2) is 36.3 Å². The lowest BCUT2D eigenvalue weighted by atomic mass is 10.1. The first kappa shape index (κ1) is 12.6. The fourth-order valence-electron chi connectivity index (χ4n) is 2.09. The summed E-state index contributed by atoms with van der Waals surface area (Å²) < 4.78 is 0. The molecule has 1 aliphatic rings. The van der Waals surface area contributed by atoms with E-state index in [1.54, 1.807) is 17.0 Å². The molecule has 2 rings (SSSR count). The van der Waals surface area contributed by atoms with E-state index >= 15 is 0 Å². The number of urea groups is 1. The standard InChI is InChI=1S/C14H18N2O2/c17-13(12-7-3-1-4-8-12)11-15-14(18)16-9-5-2-6-10-16/h1,3-4,7-8H,2,5-6,9-11H2,(H,15,18). The number of Topliss-reactive ketones (excluding diaryl/α,β-unsaturated/α-hetero) is 1. The summed E-state index contributed by atoms with van der Waals surface area (Å²) in [6.07, 6.45) is 3.30. The molecule has 1 aromatic rings. The van der Waals surface area contributed by atoms with Crippen LogP contribution < -0.4 is 5.32 Å². The number of carbonyl (C=O) groups is 2. The predicted octanol–water partition coefficient (Wildman–Crippen LogP) is 2.06. The van der Waals surface area contributed by atoms with E-state index in [0.717, 1.165) is 25.9 Å². The van der Waals surface area contributed by atoms with Gasteiger partial charge in [0.25, 0.3) is 0 Å². The van der Waals surface area contributed by atoms with Gasteiger partial charge in [-0.05, 0) is 19.3 Å². The summed E-state index contributed by atoms with van der Waals surface area (Å²) in [5.41, 5.74) is 0.636. The van der Waals surface area contributed by atoms with Crippen molar-refractivity contribution in [2.45, 2.75) is 19.3 Å². The van der Waals surface area contributed by atoms with E-state index in [0.29, 0.717) is 5.56 Å². The summed E-state index contributed by atoms with van der Waals surface area (Å²) >= 11 is 0. The van der Waals surface area contributed by atoms with Crippen molar-refractivity contribution in [3.63, 3.8) is 0 Å². The minimum Gasteiger partial charge on any atom is -0.331 e. The van der Waals surface area contributed by atoms with Gasteiger partial charge in [0, 0.05) is 18.7 Å². The zero-order valence-electron chi connectivity index (χ0n) is 10.4. The molecule has 1 fully saturated rings. The van der Waals surface area contributed by atoms with Crippen LogP contribution in [0.5, 0.6) is 0 Å². The minimum atomic E-state index is -0.126. The summed E-state index contributed by atoms with van der Waals surface area (Å²) in [7, 11) is 0. The molecule has 0 spiro atoms. The van der Waals surface area contributed by atoms with Gasteiger partial charge in [0.05, 0.1) is 6.54 Å². The molecule has 1 aromatic carbocycles. The van der Waals surface area contributed by atoms with Gasteiger partial charge in [-0.1, -0.05) is 30.3 Å². The van der Waals surface area contributed by atoms with E-state index in [-0.39, 0.29) is 18.4 Å². The third kappa shape index (κ3) is 3.32. The lowest BCUT2D eigenvalue weighted by Gasteiger charge is -2.26. The van der Waals surface area contributed by atoms with Crippen LogP contribution in [0.2, 0.25) is 0 Å². The molecule has 0 bridgehead atoms. The van der Waals surface area contributed by atoms with Crippen molar-refractivity contribution in [1.29, 1.82) is 0 Å². The summed E-state index contributed by atoms with van der Waals surface area (Å²) in [6, 6.07) is 8.90. The van der Waals surface area contributed by atoms with Crippen LogP contribution in [0.1, 0.15) is 29.6 Å². The third-order valence-electron chi connectivity index (χ3n) is 3.14. The lowest BCUT2D eigenvalue weighted by molar-refractivity contribution is 0.0988. The summed E-state index contributed by atoms with van der Waals surface area (Å²) in [5.74, 6) is -0.0547. The van der Waals surface area contributed by atoms with Gasteiger partial charge in [-0.2, -0.15) is 0 Å². The number of amides is 2. The smallest absolute Gasteiger partial charge is 0.317 e. The normalized spacial score (nSPS) is 15.2. The van der Waals surface area contributed by atoms with E-state index < -0.39 is 0 Å². The van der Waals surface area contributed by atoms with E-state index in [4.69, 9.17) is 0 Å². The molecule has 0 aromatic heterocycles. The maximum atomic E-state index is 11.8. The summed E-state index contributed by atoms with van der Waals surface area (Å²) in [5, 5.41) is 2.69. The van der Waals surface area contributed by atoms with Crippen molar-refractivity contribution in [2.75, 3.05) is 19.6 Å². The van der Waals surface area contributed by atoms with E-state index in [9.17, 15) is 9.59 Å². The van der Waals surface area contributed by atoms with Crippen molar-refractivity contribution in [3.05, 3.63) is 35.9 Å². The molecule has 4 heteroatoms. The van der Waals surface area contributed by atoms with Gasteiger partial charge < -0.3 is 10.2 Å². The van der Waals surface area contributed by atoms with Gasteiger partial charge in [-0.3, -0.25) is 4.79 Å². The monoisotopic (exact) mass is 246 g/mol. The van der Waals surface area contributed by atoms with Gasteiger partial charge in [0.1, 0.15) is 0 Å². The van der Waals surface area contributed by atoms with Gasteiger partial charge in [0.2, 0.25) is 0 Å². The number of ketones is 1. The first-order valence-electron chi connectivity index (χ1n) is 6.38. The Balaban J connectivity index is 1.80. The van der Waals surface area contributed by atoms with Crippen LogP contribution in [0.3, 0.4) is 0 Å². The number of rotatable bonds is 3. The second-order valence-corrected chi connectivity index (χ2v) is 4.50. The number of piperidine rings is 1. The van der Waals surface area contributed by atoms with Crippen molar-refractivity contribution in [1.82, 2.24) is 10.2 Å². The van der Waals surface area contributed by atoms with Gasteiger partial charge >= 0.3 is 6.03 Å². The molecule has 0 atom stereocenters. The summed E-state index contributed by atoms with van der Waals surface area (Å²) in [4.78, 5) is 25.4. The number of nitrogens with one attached hydrogen (secondary N) is 1. The zero-order chi connectivity index (χ0) is 12.8. The molecule has 1 saturated heterocycles. The molecule has 18 heavy (non-hydrogen) atoms. The molecule has 1 aliphatic heterocycles. The third-order valence-corrected chi connectivity index (χ3v) is 3.14. The number of likely N-dealkylation sites (tertiary alicyclic amines) is 1. The Hall–Kier alpha value is -1.84. The Bertz CT molecular complexity index is 411. The molecule has 0 aliphatic carbocycles. The van der Waals surface area contributed by atoms with E-state index in [1.165, 1.54) is 6.42 Å². The van der Waals surface area contributed by atoms with Gasteiger partial charge in [0.15, 0.2) is 5.78 Å². The quantitative estimate of drug-likeness (QED) is 0.830. The molecular weight excluding hydrogens is 228 g/mol. The van der Waals surface area contributed by atoms with Crippen LogP contribution in [0, 0.1) is 0 Å². The molecule has 0 unspecified atom stereocenters. The highest BCUT2D eigenvalue weighted by molar-refractivity contribution is 5.99. The maximum absolute atomic E-state index is 11.8. The Labute approximate surface area is 107 Å². The van der Waals surface area contributed by atoms with Crippen molar-refractivity contribution in [3.8, 4) is 0 Å². The highest BCUT2D eigenvalue weighted by Gasteiger charge is 2.16. The number of hydrogen-bond donors (Lipinski definition) is 1. The Kier molecular flexibility index (Phi) is 4.34. The van der Waals surface area contributed by atoms with Crippen LogP contribution >= 0.6 is 0 Å². The predicted molar refractivity (Wildman–Crippen MR) is 69.6 cm³/mol. The topological polar surface area (TPSA) is 49.4 Å². The Morgan fingerprint density at radius 1 is 1.06 bits per heavy atom. The van der Waals surface area contributed by atoms with E-state index in [1.807, 2.05) is 18.2 Å². The molecule has 2 amide bonds. The Morgan fingerprint density at radius 2 is 1.72 bits per heavy atom. The van der Waals surface area contributed by atoms with Crippen LogP contribution in [-0.2, 0) is 0 Å². The summed E-state index contributed by atoms with van der Waals surface area (Å²) in [6.45, 7) is 1.66.